The molecule has 1 aromatic rings. The number of amides is 2. The molecule has 2 aliphatic rings. The molecule has 0 radical (unpaired) electrons. The van der Waals surface area contributed by atoms with Crippen LogP contribution in [0.15, 0.2) is 24.3 Å². The molecule has 138 valence electrons. The average Bonchev–Trinajstić information content (AvgIpc) is 2.54. The second kappa shape index (κ2) is 9.12. The molecule has 2 amide bonds. The highest BCUT2D eigenvalue weighted by atomic mass is 35.5. The number of rotatable bonds is 5. The number of nitrogens with one attached hydrogen (secondary N) is 2. The number of carbonyl (C=O) groups excluding carboxylic acids is 2. The van der Waals surface area contributed by atoms with Gasteiger partial charge in [0.15, 0.2) is 0 Å². The summed E-state index contributed by atoms with van der Waals surface area (Å²) in [6, 6.07) is 5.96. The molecule has 2 N–H and O–H groups in total. The number of piperazine rings is 1. The van der Waals surface area contributed by atoms with Gasteiger partial charge in [-0.1, -0.05) is 12.1 Å². The van der Waals surface area contributed by atoms with Crippen molar-refractivity contribution in [3.8, 4) is 0 Å². The van der Waals surface area contributed by atoms with Crippen LogP contribution in [0.3, 0.4) is 0 Å². The van der Waals surface area contributed by atoms with Crippen molar-refractivity contribution in [2.45, 2.75) is 0 Å². The first-order chi connectivity index (χ1) is 11.6. The smallest absolute Gasteiger partial charge is 0.254 e. The molecule has 0 bridgehead atoms. The lowest BCUT2D eigenvalue weighted by Gasteiger charge is -2.38. The highest BCUT2D eigenvalue weighted by Crippen LogP contribution is 2.11. The third-order valence-electron chi connectivity index (χ3n) is 4.65. The first kappa shape index (κ1) is 19.6. The van der Waals surface area contributed by atoms with Crippen LogP contribution in [0.4, 0.5) is 4.39 Å². The summed E-state index contributed by atoms with van der Waals surface area (Å²) in [7, 11) is 0. The number of halogens is 2. The number of hydrogen-bond acceptors (Lipinski definition) is 4. The van der Waals surface area contributed by atoms with Gasteiger partial charge in [-0.15, -0.1) is 12.4 Å². The Morgan fingerprint density at radius 3 is 2.44 bits per heavy atom. The normalized spacial score (nSPS) is 18.2. The molecule has 0 saturated carbocycles. The van der Waals surface area contributed by atoms with Gasteiger partial charge in [0, 0.05) is 52.4 Å². The summed E-state index contributed by atoms with van der Waals surface area (Å²) in [4.78, 5) is 28.2. The van der Waals surface area contributed by atoms with E-state index in [1.165, 1.54) is 12.1 Å². The zero-order valence-electron chi connectivity index (χ0n) is 14.0. The number of hydrogen-bond donors (Lipinski definition) is 2. The quantitative estimate of drug-likeness (QED) is 0.784. The van der Waals surface area contributed by atoms with Crippen molar-refractivity contribution < 1.29 is 14.0 Å². The molecule has 2 fully saturated rings. The van der Waals surface area contributed by atoms with Crippen LogP contribution < -0.4 is 10.6 Å². The monoisotopic (exact) mass is 370 g/mol. The van der Waals surface area contributed by atoms with Crippen LogP contribution in [-0.4, -0.2) is 74.0 Å². The van der Waals surface area contributed by atoms with Gasteiger partial charge < -0.3 is 15.5 Å². The minimum atomic E-state index is -0.507. The second-order valence-electron chi connectivity index (χ2n) is 6.26. The van der Waals surface area contributed by atoms with Gasteiger partial charge in [0.1, 0.15) is 5.82 Å². The molecule has 1 aromatic carbocycles. The van der Waals surface area contributed by atoms with Gasteiger partial charge in [-0.05, 0) is 12.1 Å². The van der Waals surface area contributed by atoms with Crippen molar-refractivity contribution in [3.63, 3.8) is 0 Å². The largest absolute Gasteiger partial charge is 0.351 e. The molecule has 0 unspecified atom stereocenters. The standard InChI is InChI=1S/C17H23FN4O2.ClH/c18-15-4-2-1-3-14(15)16(23)20-5-6-21-7-9-22(10-8-21)17(24)13-11-19-12-13;/h1-4,13,19H,5-12H2,(H,20,23);1H. The molecule has 25 heavy (non-hydrogen) atoms. The van der Waals surface area contributed by atoms with E-state index in [4.69, 9.17) is 0 Å². The molecule has 0 atom stereocenters. The van der Waals surface area contributed by atoms with Crippen LogP contribution in [0.5, 0.6) is 0 Å². The van der Waals surface area contributed by atoms with E-state index in [0.29, 0.717) is 13.1 Å². The summed E-state index contributed by atoms with van der Waals surface area (Å²) >= 11 is 0. The lowest BCUT2D eigenvalue weighted by atomic mass is 10.0. The fourth-order valence-electron chi connectivity index (χ4n) is 2.98. The Bertz CT molecular complexity index is 604. The summed E-state index contributed by atoms with van der Waals surface area (Å²) in [6.07, 6.45) is 0. The van der Waals surface area contributed by atoms with Crippen LogP contribution in [-0.2, 0) is 4.79 Å². The summed E-state index contributed by atoms with van der Waals surface area (Å²) < 4.78 is 13.5. The summed E-state index contributed by atoms with van der Waals surface area (Å²) in [5.41, 5.74) is 0.0713. The first-order valence-corrected chi connectivity index (χ1v) is 8.40. The fourth-order valence-corrected chi connectivity index (χ4v) is 2.98. The predicted octanol–water partition coefficient (Wildman–Crippen LogP) is 0.341. The summed E-state index contributed by atoms with van der Waals surface area (Å²) in [5.74, 6) is -0.495. The van der Waals surface area contributed by atoms with Crippen LogP contribution in [0.25, 0.3) is 0 Å². The Kier molecular flexibility index (Phi) is 7.16. The van der Waals surface area contributed by atoms with Crippen LogP contribution in [0.2, 0.25) is 0 Å². The van der Waals surface area contributed by atoms with Gasteiger partial charge in [-0.2, -0.15) is 0 Å². The Morgan fingerprint density at radius 2 is 1.84 bits per heavy atom. The molecule has 6 nitrogen and oxygen atoms in total. The van der Waals surface area contributed by atoms with Gasteiger partial charge in [0.2, 0.25) is 5.91 Å². The molecule has 2 aliphatic heterocycles. The Balaban J connectivity index is 0.00000225. The van der Waals surface area contributed by atoms with Crippen LogP contribution in [0.1, 0.15) is 10.4 Å². The maximum atomic E-state index is 13.5. The molecule has 8 heteroatoms. The molecule has 0 aliphatic carbocycles. The maximum Gasteiger partial charge on any atom is 0.254 e. The van der Waals surface area contributed by atoms with E-state index in [9.17, 15) is 14.0 Å². The van der Waals surface area contributed by atoms with Crippen LogP contribution in [0, 0.1) is 11.7 Å². The summed E-state index contributed by atoms with van der Waals surface area (Å²) in [5, 5.41) is 5.87. The SMILES string of the molecule is Cl.O=C(NCCN1CCN(C(=O)C2CNC2)CC1)c1ccccc1F. The molecule has 3 rings (SSSR count). The Morgan fingerprint density at radius 1 is 1.16 bits per heavy atom. The maximum absolute atomic E-state index is 13.5. The second-order valence-corrected chi connectivity index (χ2v) is 6.26. The third kappa shape index (κ3) is 4.90. The van der Waals surface area contributed by atoms with E-state index in [0.717, 1.165) is 39.3 Å². The van der Waals surface area contributed by atoms with E-state index in [2.05, 4.69) is 15.5 Å². The van der Waals surface area contributed by atoms with Gasteiger partial charge in [-0.25, -0.2) is 4.39 Å². The van der Waals surface area contributed by atoms with Crippen molar-refractivity contribution in [1.82, 2.24) is 20.4 Å². The third-order valence-corrected chi connectivity index (χ3v) is 4.65. The number of nitrogens with zero attached hydrogens (tertiary/aromatic N) is 2. The molecular formula is C17H24ClFN4O2. The van der Waals surface area contributed by atoms with Crippen molar-refractivity contribution in [2.24, 2.45) is 5.92 Å². The topological polar surface area (TPSA) is 64.7 Å². The molecule has 0 spiro atoms. The lowest BCUT2D eigenvalue weighted by molar-refractivity contribution is -0.138. The van der Waals surface area contributed by atoms with Gasteiger partial charge >= 0.3 is 0 Å². The molecule has 2 saturated heterocycles. The van der Waals surface area contributed by atoms with E-state index in [-0.39, 0.29) is 35.7 Å². The Labute approximate surface area is 153 Å². The van der Waals surface area contributed by atoms with Crippen molar-refractivity contribution in [3.05, 3.63) is 35.6 Å². The minimum absolute atomic E-state index is 0. The Hall–Kier alpha value is -1.70. The first-order valence-electron chi connectivity index (χ1n) is 8.40. The van der Waals surface area contributed by atoms with Crippen molar-refractivity contribution in [1.29, 1.82) is 0 Å². The van der Waals surface area contributed by atoms with E-state index in [1.807, 2.05) is 4.90 Å². The highest BCUT2D eigenvalue weighted by molar-refractivity contribution is 5.94. The lowest BCUT2D eigenvalue weighted by Crippen LogP contribution is -2.56. The fraction of sp³-hybridized carbons (Fsp3) is 0.529. The molecular weight excluding hydrogens is 347 g/mol. The molecule has 0 aromatic heterocycles. The number of benzene rings is 1. The van der Waals surface area contributed by atoms with Gasteiger partial charge in [0.25, 0.3) is 5.91 Å². The van der Waals surface area contributed by atoms with Crippen molar-refractivity contribution >= 4 is 24.2 Å². The summed E-state index contributed by atoms with van der Waals surface area (Å²) in [6.45, 7) is 5.83. The zero-order chi connectivity index (χ0) is 16.9. The van der Waals surface area contributed by atoms with E-state index in [1.54, 1.807) is 12.1 Å². The minimum Gasteiger partial charge on any atom is -0.351 e. The molecule has 2 heterocycles. The highest BCUT2D eigenvalue weighted by Gasteiger charge is 2.30. The average molecular weight is 371 g/mol. The predicted molar refractivity (Wildman–Crippen MR) is 95.4 cm³/mol. The van der Waals surface area contributed by atoms with Crippen LogP contribution >= 0.6 is 12.4 Å². The van der Waals surface area contributed by atoms with E-state index < -0.39 is 5.82 Å². The van der Waals surface area contributed by atoms with Gasteiger partial charge in [0.05, 0.1) is 11.5 Å². The van der Waals surface area contributed by atoms with Crippen molar-refractivity contribution in [2.75, 3.05) is 52.4 Å². The zero-order valence-corrected chi connectivity index (χ0v) is 14.9. The van der Waals surface area contributed by atoms with E-state index >= 15 is 0 Å². The van der Waals surface area contributed by atoms with Gasteiger partial charge in [-0.3, -0.25) is 14.5 Å². The number of carbonyl (C=O) groups is 2.